The molecule has 0 bridgehead atoms. The minimum Gasteiger partial charge on any atom is -0.436 e. The summed E-state index contributed by atoms with van der Waals surface area (Å²) < 4.78 is 19.0. The van der Waals surface area contributed by atoms with Crippen molar-refractivity contribution < 1.29 is 8.81 Å². The fraction of sp³-hybridized carbons (Fsp3) is 0. The average Bonchev–Trinajstić information content (AvgIpc) is 3.19. The van der Waals surface area contributed by atoms with Crippen LogP contribution in [-0.4, -0.2) is 4.98 Å². The molecule has 1 aromatic heterocycles. The monoisotopic (exact) mass is 365 g/mol. The van der Waals surface area contributed by atoms with Crippen molar-refractivity contribution in [3.8, 4) is 33.7 Å². The van der Waals surface area contributed by atoms with Gasteiger partial charge in [-0.3, -0.25) is 0 Å². The zero-order chi connectivity index (χ0) is 18.9. The molecule has 5 aromatic rings. The first kappa shape index (κ1) is 16.5. The van der Waals surface area contributed by atoms with Gasteiger partial charge in [-0.15, -0.1) is 0 Å². The molecule has 5 rings (SSSR count). The summed E-state index contributed by atoms with van der Waals surface area (Å²) in [6.07, 6.45) is 0. The van der Waals surface area contributed by atoms with E-state index in [0.717, 1.165) is 38.9 Å². The van der Waals surface area contributed by atoms with Crippen LogP contribution < -0.4 is 0 Å². The largest absolute Gasteiger partial charge is 0.436 e. The summed E-state index contributed by atoms with van der Waals surface area (Å²) >= 11 is 0. The molecule has 0 fully saturated rings. The normalized spacial score (nSPS) is 11.0. The summed E-state index contributed by atoms with van der Waals surface area (Å²) in [4.78, 5) is 4.58. The van der Waals surface area contributed by atoms with E-state index in [0.29, 0.717) is 5.89 Å². The highest BCUT2D eigenvalue weighted by Gasteiger charge is 2.09. The number of hydrogen-bond acceptors (Lipinski definition) is 2. The van der Waals surface area contributed by atoms with Gasteiger partial charge in [-0.2, -0.15) is 0 Å². The molecule has 0 saturated carbocycles. The topological polar surface area (TPSA) is 26.0 Å². The minimum atomic E-state index is -0.226. The molecule has 0 atom stereocenters. The average molecular weight is 365 g/mol. The number of fused-ring (bicyclic) bond motifs is 1. The van der Waals surface area contributed by atoms with Gasteiger partial charge in [-0.05, 0) is 58.7 Å². The molecule has 0 amide bonds. The third-order valence-corrected chi connectivity index (χ3v) is 4.80. The van der Waals surface area contributed by atoms with Gasteiger partial charge >= 0.3 is 0 Å². The highest BCUT2D eigenvalue weighted by atomic mass is 19.1. The van der Waals surface area contributed by atoms with E-state index >= 15 is 0 Å². The lowest BCUT2D eigenvalue weighted by atomic mass is 9.99. The van der Waals surface area contributed by atoms with Gasteiger partial charge < -0.3 is 4.42 Å². The molecule has 0 saturated heterocycles. The van der Waals surface area contributed by atoms with Gasteiger partial charge in [0.05, 0.1) is 0 Å². The zero-order valence-corrected chi connectivity index (χ0v) is 15.0. The summed E-state index contributed by atoms with van der Waals surface area (Å²) in [6, 6.07) is 30.7. The number of nitrogens with zero attached hydrogens (tertiary/aromatic N) is 1. The molecule has 0 radical (unpaired) electrons. The maximum Gasteiger partial charge on any atom is 0.227 e. The van der Waals surface area contributed by atoms with Crippen LogP contribution in [0, 0.1) is 5.82 Å². The van der Waals surface area contributed by atoms with Crippen LogP contribution in [0.15, 0.2) is 101 Å². The molecule has 0 spiro atoms. The summed E-state index contributed by atoms with van der Waals surface area (Å²) in [5, 5.41) is 0. The second kappa shape index (κ2) is 6.78. The van der Waals surface area contributed by atoms with E-state index in [1.165, 1.54) is 12.1 Å². The van der Waals surface area contributed by atoms with Gasteiger partial charge in [0.1, 0.15) is 11.3 Å². The van der Waals surface area contributed by atoms with Gasteiger partial charge in [-0.25, -0.2) is 9.37 Å². The van der Waals surface area contributed by atoms with Gasteiger partial charge in [0.15, 0.2) is 5.58 Å². The Morgan fingerprint density at radius 1 is 0.571 bits per heavy atom. The van der Waals surface area contributed by atoms with Crippen molar-refractivity contribution in [3.63, 3.8) is 0 Å². The van der Waals surface area contributed by atoms with E-state index in [1.54, 1.807) is 12.1 Å². The van der Waals surface area contributed by atoms with Gasteiger partial charge in [0.2, 0.25) is 5.89 Å². The summed E-state index contributed by atoms with van der Waals surface area (Å²) in [5.41, 5.74) is 6.82. The number of rotatable bonds is 3. The molecule has 4 aromatic carbocycles. The number of benzene rings is 4. The molecule has 28 heavy (non-hydrogen) atoms. The molecule has 2 nitrogen and oxygen atoms in total. The number of hydrogen-bond donors (Lipinski definition) is 0. The molecule has 134 valence electrons. The second-order valence-corrected chi connectivity index (χ2v) is 6.65. The predicted octanol–water partition coefficient (Wildman–Crippen LogP) is 6.97. The van der Waals surface area contributed by atoms with Crippen LogP contribution in [0.3, 0.4) is 0 Å². The van der Waals surface area contributed by atoms with Crippen molar-refractivity contribution in [2.45, 2.75) is 0 Å². The molecule has 1 heterocycles. The van der Waals surface area contributed by atoms with E-state index in [2.05, 4.69) is 41.4 Å². The van der Waals surface area contributed by atoms with Crippen LogP contribution in [-0.2, 0) is 0 Å². The smallest absolute Gasteiger partial charge is 0.227 e. The second-order valence-electron chi connectivity index (χ2n) is 6.65. The van der Waals surface area contributed by atoms with Crippen molar-refractivity contribution in [2.75, 3.05) is 0 Å². The Balaban J connectivity index is 1.48. The standard InChI is InChI=1S/C25H16FNO/c26-22-14-12-18(13-15-22)17-8-10-19(11-9-17)20-4-3-5-21(16-20)25-27-23-6-1-2-7-24(23)28-25/h1-16H. The van der Waals surface area contributed by atoms with E-state index in [4.69, 9.17) is 4.42 Å². The van der Waals surface area contributed by atoms with E-state index in [9.17, 15) is 4.39 Å². The Hall–Kier alpha value is -3.72. The zero-order valence-electron chi connectivity index (χ0n) is 15.0. The van der Waals surface area contributed by atoms with E-state index in [-0.39, 0.29) is 5.82 Å². The van der Waals surface area contributed by atoms with Crippen LogP contribution in [0.25, 0.3) is 44.8 Å². The summed E-state index contributed by atoms with van der Waals surface area (Å²) in [7, 11) is 0. The fourth-order valence-electron chi connectivity index (χ4n) is 3.32. The van der Waals surface area contributed by atoms with Crippen molar-refractivity contribution in [1.82, 2.24) is 4.98 Å². The number of halogens is 1. The third-order valence-electron chi connectivity index (χ3n) is 4.80. The van der Waals surface area contributed by atoms with Crippen molar-refractivity contribution in [2.24, 2.45) is 0 Å². The molecule has 0 unspecified atom stereocenters. The maximum absolute atomic E-state index is 13.1. The Bertz CT molecular complexity index is 1220. The predicted molar refractivity (Wildman–Crippen MR) is 110 cm³/mol. The first-order valence-electron chi connectivity index (χ1n) is 9.09. The van der Waals surface area contributed by atoms with Crippen LogP contribution in [0.4, 0.5) is 4.39 Å². The number of oxazole rings is 1. The van der Waals surface area contributed by atoms with Crippen LogP contribution >= 0.6 is 0 Å². The van der Waals surface area contributed by atoms with Crippen LogP contribution in [0.1, 0.15) is 0 Å². The third kappa shape index (κ3) is 3.08. The molecular formula is C25H16FNO. The molecule has 0 aliphatic rings. The Labute approximate surface area is 161 Å². The summed E-state index contributed by atoms with van der Waals surface area (Å²) in [6.45, 7) is 0. The lowest BCUT2D eigenvalue weighted by Crippen LogP contribution is -1.83. The summed E-state index contributed by atoms with van der Waals surface area (Å²) in [5.74, 6) is 0.391. The lowest BCUT2D eigenvalue weighted by Gasteiger charge is -2.06. The quantitative estimate of drug-likeness (QED) is 0.345. The number of aromatic nitrogens is 1. The Kier molecular flexibility index (Phi) is 3.99. The fourth-order valence-corrected chi connectivity index (χ4v) is 3.32. The van der Waals surface area contributed by atoms with Crippen molar-refractivity contribution >= 4 is 11.1 Å². The first-order valence-corrected chi connectivity index (χ1v) is 9.09. The van der Waals surface area contributed by atoms with E-state index in [1.807, 2.05) is 36.4 Å². The SMILES string of the molecule is Fc1ccc(-c2ccc(-c3cccc(-c4nc5ccccc5o4)c3)cc2)cc1. The van der Waals surface area contributed by atoms with Gasteiger partial charge in [-0.1, -0.05) is 60.7 Å². The van der Waals surface area contributed by atoms with Crippen molar-refractivity contribution in [1.29, 1.82) is 0 Å². The highest BCUT2D eigenvalue weighted by molar-refractivity contribution is 5.78. The van der Waals surface area contributed by atoms with Gasteiger partial charge in [0, 0.05) is 5.56 Å². The first-order chi connectivity index (χ1) is 13.8. The molecule has 0 aliphatic heterocycles. The minimum absolute atomic E-state index is 0.226. The molecule has 3 heteroatoms. The Morgan fingerprint density at radius 2 is 1.18 bits per heavy atom. The highest BCUT2D eigenvalue weighted by Crippen LogP contribution is 2.30. The maximum atomic E-state index is 13.1. The van der Waals surface area contributed by atoms with Crippen molar-refractivity contribution in [3.05, 3.63) is 103 Å². The molecular weight excluding hydrogens is 349 g/mol. The number of para-hydroxylation sites is 2. The van der Waals surface area contributed by atoms with Crippen LogP contribution in [0.2, 0.25) is 0 Å². The van der Waals surface area contributed by atoms with Crippen LogP contribution in [0.5, 0.6) is 0 Å². The Morgan fingerprint density at radius 3 is 1.89 bits per heavy atom. The van der Waals surface area contributed by atoms with E-state index < -0.39 is 0 Å². The lowest BCUT2D eigenvalue weighted by molar-refractivity contribution is 0.620. The molecule has 0 aliphatic carbocycles. The van der Waals surface area contributed by atoms with Gasteiger partial charge in [0.25, 0.3) is 0 Å². The molecule has 0 N–H and O–H groups in total.